The van der Waals surface area contributed by atoms with Gasteiger partial charge < -0.3 is 10.1 Å². The molecule has 2 rings (SSSR count). The Hall–Kier alpha value is -1.87. The Morgan fingerprint density at radius 2 is 1.81 bits per heavy atom. The van der Waals surface area contributed by atoms with Gasteiger partial charge in [-0.15, -0.1) is 0 Å². The summed E-state index contributed by atoms with van der Waals surface area (Å²) in [6.45, 7) is 7.91. The van der Waals surface area contributed by atoms with E-state index in [1.807, 2.05) is 24.3 Å². The van der Waals surface area contributed by atoms with Crippen LogP contribution in [0.5, 0.6) is 11.5 Å². The van der Waals surface area contributed by atoms with Gasteiger partial charge in [-0.3, -0.25) is 0 Å². The highest BCUT2D eigenvalue weighted by Gasteiger charge is 2.06. The van der Waals surface area contributed by atoms with Crippen LogP contribution in [0.2, 0.25) is 0 Å². The molecule has 0 amide bonds. The summed E-state index contributed by atoms with van der Waals surface area (Å²) < 4.78 is 19.5. The van der Waals surface area contributed by atoms with Gasteiger partial charge in [0.1, 0.15) is 5.75 Å². The van der Waals surface area contributed by atoms with E-state index in [-0.39, 0.29) is 11.6 Å². The van der Waals surface area contributed by atoms with E-state index in [4.69, 9.17) is 4.74 Å². The molecule has 0 heterocycles. The fraction of sp³-hybridized carbons (Fsp3) is 0.333. The van der Waals surface area contributed by atoms with Gasteiger partial charge in [0, 0.05) is 6.54 Å². The molecule has 2 aromatic rings. The molecule has 0 bridgehead atoms. The lowest BCUT2D eigenvalue weighted by molar-refractivity contribution is 0.440. The molecule has 3 heteroatoms. The molecule has 0 fully saturated rings. The van der Waals surface area contributed by atoms with Crippen molar-refractivity contribution in [1.29, 1.82) is 0 Å². The maximum absolute atomic E-state index is 13.9. The van der Waals surface area contributed by atoms with Crippen molar-refractivity contribution >= 4 is 0 Å². The van der Waals surface area contributed by atoms with Crippen molar-refractivity contribution in [2.45, 2.75) is 27.3 Å². The van der Waals surface area contributed by atoms with Crippen molar-refractivity contribution in [3.05, 3.63) is 59.4 Å². The normalized spacial score (nSPS) is 10.9. The second-order valence-corrected chi connectivity index (χ2v) is 5.66. The van der Waals surface area contributed by atoms with E-state index in [0.717, 1.165) is 13.1 Å². The molecular formula is C18H22FNO. The van der Waals surface area contributed by atoms with Crippen molar-refractivity contribution in [2.24, 2.45) is 5.92 Å². The molecule has 0 radical (unpaired) electrons. The van der Waals surface area contributed by atoms with E-state index in [0.29, 0.717) is 17.2 Å². The molecule has 0 aromatic heterocycles. The molecule has 0 atom stereocenters. The van der Waals surface area contributed by atoms with Gasteiger partial charge in [-0.1, -0.05) is 38.1 Å². The topological polar surface area (TPSA) is 21.3 Å². The molecule has 2 aromatic carbocycles. The Kier molecular flexibility index (Phi) is 5.34. The molecule has 2 nitrogen and oxygen atoms in total. The van der Waals surface area contributed by atoms with Crippen LogP contribution in [0.1, 0.15) is 25.0 Å². The number of ether oxygens (including phenoxy) is 1. The fourth-order valence-electron chi connectivity index (χ4n) is 2.01. The molecule has 0 unspecified atom stereocenters. The Balaban J connectivity index is 1.97. The monoisotopic (exact) mass is 287 g/mol. The summed E-state index contributed by atoms with van der Waals surface area (Å²) in [6.07, 6.45) is 0. The third-order valence-corrected chi connectivity index (χ3v) is 3.19. The highest BCUT2D eigenvalue weighted by molar-refractivity contribution is 5.36. The van der Waals surface area contributed by atoms with E-state index in [2.05, 4.69) is 19.2 Å². The third kappa shape index (κ3) is 4.57. The highest BCUT2D eigenvalue weighted by atomic mass is 19.1. The Morgan fingerprint density at radius 3 is 2.48 bits per heavy atom. The summed E-state index contributed by atoms with van der Waals surface area (Å²) in [5, 5.41) is 3.39. The first-order valence-electron chi connectivity index (χ1n) is 7.29. The molecule has 21 heavy (non-hydrogen) atoms. The van der Waals surface area contributed by atoms with Gasteiger partial charge >= 0.3 is 0 Å². The second-order valence-electron chi connectivity index (χ2n) is 5.66. The molecule has 0 aliphatic rings. The second kappa shape index (κ2) is 7.23. The van der Waals surface area contributed by atoms with Gasteiger partial charge in [0.25, 0.3) is 0 Å². The van der Waals surface area contributed by atoms with Crippen LogP contribution in [0.25, 0.3) is 0 Å². The van der Waals surface area contributed by atoms with Gasteiger partial charge in [0.15, 0.2) is 11.6 Å². The zero-order chi connectivity index (χ0) is 15.2. The maximum atomic E-state index is 13.9. The Bertz CT molecular complexity index is 578. The first-order valence-corrected chi connectivity index (χ1v) is 7.29. The van der Waals surface area contributed by atoms with Gasteiger partial charge in [0.05, 0.1) is 0 Å². The quantitative estimate of drug-likeness (QED) is 0.833. The number of nitrogens with one attached hydrogen (secondary N) is 1. The van der Waals surface area contributed by atoms with Crippen LogP contribution in [0.3, 0.4) is 0 Å². The van der Waals surface area contributed by atoms with Crippen LogP contribution in [0.4, 0.5) is 4.39 Å². The molecule has 0 spiro atoms. The van der Waals surface area contributed by atoms with Gasteiger partial charge in [-0.25, -0.2) is 4.39 Å². The van der Waals surface area contributed by atoms with E-state index in [1.54, 1.807) is 25.1 Å². The zero-order valence-corrected chi connectivity index (χ0v) is 12.8. The van der Waals surface area contributed by atoms with Gasteiger partial charge in [0.2, 0.25) is 0 Å². The lowest BCUT2D eigenvalue weighted by Crippen LogP contribution is -2.18. The Labute approximate surface area is 126 Å². The van der Waals surface area contributed by atoms with Crippen molar-refractivity contribution in [2.75, 3.05) is 6.54 Å². The number of halogens is 1. The minimum atomic E-state index is -0.305. The van der Waals surface area contributed by atoms with E-state index >= 15 is 0 Å². The van der Waals surface area contributed by atoms with Crippen LogP contribution in [-0.2, 0) is 6.54 Å². The predicted molar refractivity (Wildman–Crippen MR) is 84.2 cm³/mol. The van der Waals surface area contributed by atoms with E-state index in [1.165, 1.54) is 5.56 Å². The smallest absolute Gasteiger partial charge is 0.168 e. The summed E-state index contributed by atoms with van der Waals surface area (Å²) in [7, 11) is 0. The van der Waals surface area contributed by atoms with Crippen LogP contribution in [0.15, 0.2) is 42.5 Å². The summed E-state index contributed by atoms with van der Waals surface area (Å²) in [5.74, 6) is 1.24. The third-order valence-electron chi connectivity index (χ3n) is 3.19. The number of hydrogen-bond donors (Lipinski definition) is 1. The van der Waals surface area contributed by atoms with Gasteiger partial charge in [-0.05, 0) is 48.7 Å². The molecule has 0 saturated carbocycles. The molecule has 0 aliphatic heterocycles. The van der Waals surface area contributed by atoms with E-state index in [9.17, 15) is 4.39 Å². The summed E-state index contributed by atoms with van der Waals surface area (Å²) in [4.78, 5) is 0. The average molecular weight is 287 g/mol. The van der Waals surface area contributed by atoms with Crippen molar-refractivity contribution in [1.82, 2.24) is 5.32 Å². The minimum absolute atomic E-state index is 0.265. The number of benzene rings is 2. The number of rotatable bonds is 6. The summed E-state index contributed by atoms with van der Waals surface area (Å²) in [5.41, 5.74) is 1.77. The van der Waals surface area contributed by atoms with Crippen molar-refractivity contribution < 1.29 is 9.13 Å². The lowest BCUT2D eigenvalue weighted by Gasteiger charge is -2.10. The number of hydrogen-bond acceptors (Lipinski definition) is 2. The van der Waals surface area contributed by atoms with Crippen molar-refractivity contribution in [3.8, 4) is 11.5 Å². The summed E-state index contributed by atoms with van der Waals surface area (Å²) >= 11 is 0. The summed E-state index contributed by atoms with van der Waals surface area (Å²) in [6, 6.07) is 12.9. The van der Waals surface area contributed by atoms with Gasteiger partial charge in [-0.2, -0.15) is 0 Å². The fourth-order valence-corrected chi connectivity index (χ4v) is 2.01. The molecule has 1 N–H and O–H groups in total. The van der Waals surface area contributed by atoms with Crippen LogP contribution >= 0.6 is 0 Å². The predicted octanol–water partition coefficient (Wildman–Crippen LogP) is 4.67. The molecule has 0 aliphatic carbocycles. The van der Waals surface area contributed by atoms with Crippen LogP contribution in [0, 0.1) is 18.7 Å². The zero-order valence-electron chi connectivity index (χ0n) is 12.8. The average Bonchev–Trinajstić information content (AvgIpc) is 2.45. The van der Waals surface area contributed by atoms with Crippen LogP contribution < -0.4 is 10.1 Å². The maximum Gasteiger partial charge on any atom is 0.168 e. The molecule has 0 saturated heterocycles. The van der Waals surface area contributed by atoms with Crippen LogP contribution in [-0.4, -0.2) is 6.54 Å². The Morgan fingerprint density at radius 1 is 1.10 bits per heavy atom. The van der Waals surface area contributed by atoms with Crippen molar-refractivity contribution in [3.63, 3.8) is 0 Å². The van der Waals surface area contributed by atoms with E-state index < -0.39 is 0 Å². The molecule has 112 valence electrons. The standard InChI is InChI=1S/C18H22FNO/c1-13(2)11-20-12-15-7-9-16(10-8-15)21-17-6-4-5-14(3)18(17)19/h4-10,13,20H,11-12H2,1-3H3. The first kappa shape index (κ1) is 15.5. The first-order chi connectivity index (χ1) is 10.1. The lowest BCUT2D eigenvalue weighted by atomic mass is 10.2. The minimum Gasteiger partial charge on any atom is -0.454 e. The SMILES string of the molecule is Cc1cccc(Oc2ccc(CNCC(C)C)cc2)c1F. The molecular weight excluding hydrogens is 265 g/mol. The highest BCUT2D eigenvalue weighted by Crippen LogP contribution is 2.26. The number of aryl methyl sites for hydroxylation is 1. The largest absolute Gasteiger partial charge is 0.454 e.